The van der Waals surface area contributed by atoms with Crippen LogP contribution in [0.25, 0.3) is 72.0 Å². The van der Waals surface area contributed by atoms with Crippen molar-refractivity contribution in [3.63, 3.8) is 0 Å². The maximum atomic E-state index is 6.24. The van der Waals surface area contributed by atoms with Gasteiger partial charge in [0.1, 0.15) is 6.61 Å². The number of nitrogens with zero attached hydrogens (tertiary/aromatic N) is 2. The SMILES string of the molecule is NN=C(OCc1ccc(-c2ccccc2-c2ccccc2-c2ccc3c(c2)c2ccccc2n3-c2ccccc2)cc1)c1ccccc1-c1ccccc1. The maximum absolute atomic E-state index is 6.24. The Morgan fingerprint density at radius 1 is 0.444 bits per heavy atom. The second-order valence-corrected chi connectivity index (χ2v) is 13.3. The predicted octanol–water partition coefficient (Wildman–Crippen LogP) is 12.3. The van der Waals surface area contributed by atoms with Gasteiger partial charge in [0, 0.05) is 22.0 Å². The van der Waals surface area contributed by atoms with E-state index in [1.54, 1.807) is 0 Å². The summed E-state index contributed by atoms with van der Waals surface area (Å²) in [7, 11) is 0. The quantitative estimate of drug-likeness (QED) is 0.0744. The Labute approximate surface area is 315 Å². The van der Waals surface area contributed by atoms with Gasteiger partial charge in [-0.15, -0.1) is 5.10 Å². The molecular formula is C50H37N3O. The highest BCUT2D eigenvalue weighted by Gasteiger charge is 2.17. The molecule has 9 rings (SSSR count). The van der Waals surface area contributed by atoms with Crippen molar-refractivity contribution in [3.8, 4) is 50.2 Å². The van der Waals surface area contributed by atoms with E-state index in [-0.39, 0.29) is 0 Å². The number of benzene rings is 8. The first-order valence-corrected chi connectivity index (χ1v) is 18.2. The lowest BCUT2D eigenvalue weighted by molar-refractivity contribution is 0.292. The zero-order chi connectivity index (χ0) is 36.3. The molecule has 1 aromatic heterocycles. The van der Waals surface area contributed by atoms with Crippen LogP contribution in [0.1, 0.15) is 11.1 Å². The van der Waals surface area contributed by atoms with Gasteiger partial charge in [0.25, 0.3) is 0 Å². The standard InChI is InChI=1S/C50H37N3O/c51-52-50(46-25-12-9-20-41(46)36-15-3-1-4-16-36)54-34-35-27-29-37(30-28-35)40-19-7-10-22-43(40)44-23-11-8-21-42(44)38-31-32-49-47(33-38)45-24-13-14-26-48(45)53(49)39-17-5-2-6-18-39/h1-33H,34,51H2. The van der Waals surface area contributed by atoms with Gasteiger partial charge in [-0.1, -0.05) is 164 Å². The second kappa shape index (κ2) is 14.5. The first-order chi connectivity index (χ1) is 26.8. The number of para-hydroxylation sites is 2. The fourth-order valence-electron chi connectivity index (χ4n) is 7.59. The summed E-state index contributed by atoms with van der Waals surface area (Å²) < 4.78 is 8.60. The number of hydrogen-bond acceptors (Lipinski definition) is 3. The third-order valence-corrected chi connectivity index (χ3v) is 10.1. The Bertz CT molecular complexity index is 2770. The van der Waals surface area contributed by atoms with Gasteiger partial charge in [-0.3, -0.25) is 0 Å². The topological polar surface area (TPSA) is 52.5 Å². The van der Waals surface area contributed by atoms with Crippen LogP contribution in [0.4, 0.5) is 0 Å². The molecule has 0 saturated carbocycles. The molecule has 0 aliphatic rings. The van der Waals surface area contributed by atoms with E-state index < -0.39 is 0 Å². The minimum atomic E-state index is 0.340. The monoisotopic (exact) mass is 695 g/mol. The summed E-state index contributed by atoms with van der Waals surface area (Å²) in [6, 6.07) is 70.3. The Morgan fingerprint density at radius 2 is 0.963 bits per heavy atom. The summed E-state index contributed by atoms with van der Waals surface area (Å²) in [5.74, 6) is 6.29. The van der Waals surface area contributed by atoms with Gasteiger partial charge < -0.3 is 15.1 Å². The molecule has 9 aromatic rings. The van der Waals surface area contributed by atoms with Crippen LogP contribution in [-0.4, -0.2) is 10.5 Å². The lowest BCUT2D eigenvalue weighted by Crippen LogP contribution is -2.11. The van der Waals surface area contributed by atoms with Crippen molar-refractivity contribution in [2.75, 3.05) is 0 Å². The van der Waals surface area contributed by atoms with E-state index in [1.807, 2.05) is 36.4 Å². The van der Waals surface area contributed by atoms with E-state index in [0.29, 0.717) is 12.5 Å². The summed E-state index contributed by atoms with van der Waals surface area (Å²) in [5.41, 5.74) is 14.6. The van der Waals surface area contributed by atoms with Crippen LogP contribution in [0.3, 0.4) is 0 Å². The Morgan fingerprint density at radius 3 is 1.67 bits per heavy atom. The number of nitrogens with two attached hydrogens (primary N) is 1. The molecule has 0 amide bonds. The Hall–Kier alpha value is -7.17. The van der Waals surface area contributed by atoms with Crippen LogP contribution < -0.4 is 5.84 Å². The molecule has 0 atom stereocenters. The highest BCUT2D eigenvalue weighted by Crippen LogP contribution is 2.41. The smallest absolute Gasteiger partial charge is 0.238 e. The van der Waals surface area contributed by atoms with Gasteiger partial charge in [0.2, 0.25) is 5.90 Å². The van der Waals surface area contributed by atoms with Gasteiger partial charge in [-0.05, 0) is 86.5 Å². The van der Waals surface area contributed by atoms with Crippen molar-refractivity contribution in [3.05, 3.63) is 211 Å². The normalized spacial score (nSPS) is 11.6. The predicted molar refractivity (Wildman–Crippen MR) is 224 cm³/mol. The second-order valence-electron chi connectivity index (χ2n) is 13.3. The lowest BCUT2D eigenvalue weighted by Gasteiger charge is -2.16. The molecule has 4 nitrogen and oxygen atoms in total. The van der Waals surface area contributed by atoms with Crippen molar-refractivity contribution >= 4 is 27.7 Å². The Balaban J connectivity index is 1.02. The maximum Gasteiger partial charge on any atom is 0.238 e. The van der Waals surface area contributed by atoms with E-state index in [4.69, 9.17) is 10.6 Å². The number of fused-ring (bicyclic) bond motifs is 3. The molecule has 258 valence electrons. The fraction of sp³-hybridized carbons (Fsp3) is 0.0200. The van der Waals surface area contributed by atoms with Crippen molar-refractivity contribution in [1.29, 1.82) is 0 Å². The summed E-state index contributed by atoms with van der Waals surface area (Å²) in [6.45, 7) is 0.340. The number of rotatable bonds is 8. The largest absolute Gasteiger partial charge is 0.471 e. The number of hydrogen-bond donors (Lipinski definition) is 1. The van der Waals surface area contributed by atoms with Crippen LogP contribution in [0.2, 0.25) is 0 Å². The number of hydrazone groups is 1. The van der Waals surface area contributed by atoms with Crippen LogP contribution in [-0.2, 0) is 11.3 Å². The molecule has 8 aromatic carbocycles. The minimum absolute atomic E-state index is 0.340. The van der Waals surface area contributed by atoms with Crippen LogP contribution in [0.15, 0.2) is 205 Å². The van der Waals surface area contributed by atoms with Gasteiger partial charge >= 0.3 is 0 Å². The van der Waals surface area contributed by atoms with Crippen molar-refractivity contribution in [2.24, 2.45) is 10.9 Å². The average molecular weight is 696 g/mol. The first kappa shape index (κ1) is 32.7. The molecule has 4 heteroatoms. The molecule has 0 bridgehead atoms. The van der Waals surface area contributed by atoms with E-state index >= 15 is 0 Å². The molecule has 0 aliphatic carbocycles. The molecule has 1 heterocycles. The molecule has 54 heavy (non-hydrogen) atoms. The lowest BCUT2D eigenvalue weighted by atomic mass is 9.89. The van der Waals surface area contributed by atoms with Crippen molar-refractivity contribution < 1.29 is 4.74 Å². The summed E-state index contributed by atoms with van der Waals surface area (Å²) in [4.78, 5) is 0. The highest BCUT2D eigenvalue weighted by molar-refractivity contribution is 6.11. The fourth-order valence-corrected chi connectivity index (χ4v) is 7.59. The first-order valence-electron chi connectivity index (χ1n) is 18.2. The van der Waals surface area contributed by atoms with Crippen LogP contribution in [0.5, 0.6) is 0 Å². The van der Waals surface area contributed by atoms with E-state index in [0.717, 1.165) is 33.5 Å². The zero-order valence-electron chi connectivity index (χ0n) is 29.6. The highest BCUT2D eigenvalue weighted by atomic mass is 16.5. The average Bonchev–Trinajstić information content (AvgIpc) is 3.58. The molecular weight excluding hydrogens is 659 g/mol. The van der Waals surface area contributed by atoms with Crippen molar-refractivity contribution in [2.45, 2.75) is 6.61 Å². The molecule has 0 unspecified atom stereocenters. The van der Waals surface area contributed by atoms with Crippen molar-refractivity contribution in [1.82, 2.24) is 4.57 Å². The van der Waals surface area contributed by atoms with E-state index in [2.05, 4.69) is 173 Å². The Kier molecular flexibility index (Phi) is 8.76. The summed E-state index contributed by atoms with van der Waals surface area (Å²) in [5, 5.41) is 6.52. The third-order valence-electron chi connectivity index (χ3n) is 10.1. The van der Waals surface area contributed by atoms with Gasteiger partial charge in [-0.2, -0.15) is 0 Å². The third kappa shape index (κ3) is 6.10. The van der Waals surface area contributed by atoms with Gasteiger partial charge in [0.05, 0.1) is 11.0 Å². The van der Waals surface area contributed by atoms with Crippen LogP contribution in [0, 0.1) is 0 Å². The summed E-state index contributed by atoms with van der Waals surface area (Å²) in [6.07, 6.45) is 0. The van der Waals surface area contributed by atoms with Crippen LogP contribution >= 0.6 is 0 Å². The van der Waals surface area contributed by atoms with E-state index in [1.165, 1.54) is 49.6 Å². The number of ether oxygens (including phenoxy) is 1. The van der Waals surface area contributed by atoms with Gasteiger partial charge in [0.15, 0.2) is 0 Å². The molecule has 0 aliphatic heterocycles. The number of aromatic nitrogens is 1. The molecule has 2 N–H and O–H groups in total. The molecule has 0 fully saturated rings. The summed E-state index contributed by atoms with van der Waals surface area (Å²) >= 11 is 0. The molecule has 0 spiro atoms. The van der Waals surface area contributed by atoms with E-state index in [9.17, 15) is 0 Å². The van der Waals surface area contributed by atoms with Gasteiger partial charge in [-0.25, -0.2) is 0 Å². The zero-order valence-corrected chi connectivity index (χ0v) is 29.6. The molecule has 0 radical (unpaired) electrons. The minimum Gasteiger partial charge on any atom is -0.471 e. The molecule has 0 saturated heterocycles.